The van der Waals surface area contributed by atoms with Crippen LogP contribution in [0.4, 0.5) is 5.82 Å². The molecule has 0 radical (unpaired) electrons. The van der Waals surface area contributed by atoms with Gasteiger partial charge < -0.3 is 10.6 Å². The zero-order chi connectivity index (χ0) is 20.5. The molecule has 7 nitrogen and oxygen atoms in total. The molecule has 1 saturated heterocycles. The van der Waals surface area contributed by atoms with Gasteiger partial charge in [-0.25, -0.2) is 4.68 Å². The summed E-state index contributed by atoms with van der Waals surface area (Å²) in [6.45, 7) is 7.69. The third-order valence-electron chi connectivity index (χ3n) is 5.55. The summed E-state index contributed by atoms with van der Waals surface area (Å²) in [7, 11) is 1.90. The van der Waals surface area contributed by atoms with Gasteiger partial charge in [0.2, 0.25) is 5.91 Å². The van der Waals surface area contributed by atoms with Crippen LogP contribution in [0.15, 0.2) is 42.7 Å². The van der Waals surface area contributed by atoms with Gasteiger partial charge in [-0.15, -0.1) is 12.4 Å². The molecule has 0 bridgehead atoms. The summed E-state index contributed by atoms with van der Waals surface area (Å²) < 4.78 is 3.61. The van der Waals surface area contributed by atoms with Crippen molar-refractivity contribution in [1.82, 2.24) is 24.9 Å². The molecule has 0 aliphatic carbocycles. The Bertz CT molecular complexity index is 1010. The Hall–Kier alpha value is -2.64. The number of aromatic nitrogens is 4. The summed E-state index contributed by atoms with van der Waals surface area (Å²) in [6.07, 6.45) is 3.84. The Morgan fingerprint density at radius 3 is 2.60 bits per heavy atom. The number of rotatable bonds is 5. The summed E-state index contributed by atoms with van der Waals surface area (Å²) >= 11 is 0. The van der Waals surface area contributed by atoms with Gasteiger partial charge in [0.1, 0.15) is 5.82 Å². The van der Waals surface area contributed by atoms with Crippen LogP contribution in [0.5, 0.6) is 0 Å². The zero-order valence-electron chi connectivity index (χ0n) is 17.8. The monoisotopic (exact) mass is 428 g/mol. The molecule has 1 amide bonds. The van der Waals surface area contributed by atoms with Crippen molar-refractivity contribution >= 4 is 24.1 Å². The first-order valence-electron chi connectivity index (χ1n) is 10.1. The van der Waals surface area contributed by atoms with E-state index in [1.165, 1.54) is 5.56 Å². The fraction of sp³-hybridized carbons (Fsp3) is 0.409. The first-order chi connectivity index (χ1) is 13.9. The molecule has 0 unspecified atom stereocenters. The quantitative estimate of drug-likeness (QED) is 0.653. The average molecular weight is 429 g/mol. The van der Waals surface area contributed by atoms with Gasteiger partial charge in [0.05, 0.1) is 23.5 Å². The second-order valence-corrected chi connectivity index (χ2v) is 8.16. The number of hydrogen-bond donors (Lipinski definition) is 2. The molecule has 1 aliphatic rings. The van der Waals surface area contributed by atoms with Crippen molar-refractivity contribution in [2.75, 3.05) is 18.4 Å². The number of amides is 1. The Morgan fingerprint density at radius 1 is 1.23 bits per heavy atom. The minimum Gasteiger partial charge on any atom is -0.315 e. The molecule has 30 heavy (non-hydrogen) atoms. The second-order valence-electron chi connectivity index (χ2n) is 8.16. The van der Waals surface area contributed by atoms with Gasteiger partial charge in [0.15, 0.2) is 0 Å². The van der Waals surface area contributed by atoms with E-state index in [4.69, 9.17) is 5.10 Å². The topological polar surface area (TPSA) is 76.8 Å². The zero-order valence-corrected chi connectivity index (χ0v) is 18.6. The van der Waals surface area contributed by atoms with Crippen molar-refractivity contribution in [3.05, 3.63) is 59.5 Å². The van der Waals surface area contributed by atoms with Gasteiger partial charge in [0, 0.05) is 38.3 Å². The van der Waals surface area contributed by atoms with Crippen molar-refractivity contribution in [3.63, 3.8) is 0 Å². The van der Waals surface area contributed by atoms with Crippen LogP contribution in [0.1, 0.15) is 42.5 Å². The van der Waals surface area contributed by atoms with Crippen molar-refractivity contribution in [1.29, 1.82) is 0 Å². The minimum absolute atomic E-state index is 0. The molecule has 4 rings (SSSR count). The molecule has 0 spiro atoms. The maximum atomic E-state index is 13.2. The standard InChI is InChI=1S/C22H28N6O.ClH/c1-14(2)20-9-21(28(26-20)17-7-5-15(3)6-8-17)25-22(29)19-12-23-11-18(19)16-10-24-27(4)13-16;/h5-10,13-14,18-19,23H,11-12H2,1-4H3,(H,25,29);1H/t18-,19+;/m1./s1. The van der Waals surface area contributed by atoms with Crippen LogP contribution in [-0.2, 0) is 11.8 Å². The van der Waals surface area contributed by atoms with E-state index >= 15 is 0 Å². The summed E-state index contributed by atoms with van der Waals surface area (Å²) in [5.74, 6) is 0.951. The van der Waals surface area contributed by atoms with Gasteiger partial charge in [-0.05, 0) is 30.5 Å². The van der Waals surface area contributed by atoms with Gasteiger partial charge in [0.25, 0.3) is 0 Å². The maximum Gasteiger partial charge on any atom is 0.230 e. The Balaban J connectivity index is 0.00000256. The fourth-order valence-corrected chi connectivity index (χ4v) is 3.81. The molecule has 3 aromatic rings. The van der Waals surface area contributed by atoms with Crippen molar-refractivity contribution in [2.45, 2.75) is 32.6 Å². The van der Waals surface area contributed by atoms with E-state index in [1.807, 2.05) is 42.3 Å². The number of carbonyl (C=O) groups excluding carboxylic acids is 1. The minimum atomic E-state index is -0.150. The Morgan fingerprint density at radius 2 is 1.97 bits per heavy atom. The van der Waals surface area contributed by atoms with Gasteiger partial charge in [-0.1, -0.05) is 31.5 Å². The molecular formula is C22H29ClN6O. The summed E-state index contributed by atoms with van der Waals surface area (Å²) in [4.78, 5) is 13.2. The van der Waals surface area contributed by atoms with Gasteiger partial charge in [-0.3, -0.25) is 9.48 Å². The maximum absolute atomic E-state index is 13.2. The second kappa shape index (κ2) is 9.02. The van der Waals surface area contributed by atoms with Crippen molar-refractivity contribution in [2.24, 2.45) is 13.0 Å². The molecule has 2 atom stereocenters. The Labute approximate surface area is 183 Å². The van der Waals surface area contributed by atoms with E-state index < -0.39 is 0 Å². The highest BCUT2D eigenvalue weighted by atomic mass is 35.5. The predicted molar refractivity (Wildman–Crippen MR) is 121 cm³/mol. The lowest BCUT2D eigenvalue weighted by molar-refractivity contribution is -0.119. The van der Waals surface area contributed by atoms with Gasteiger partial charge in [-0.2, -0.15) is 10.2 Å². The summed E-state index contributed by atoms with van der Waals surface area (Å²) in [5.41, 5.74) is 4.17. The van der Waals surface area contributed by atoms with Crippen LogP contribution in [-0.4, -0.2) is 38.6 Å². The van der Waals surface area contributed by atoms with Crippen LogP contribution in [0.25, 0.3) is 5.69 Å². The normalized spacial score (nSPS) is 18.4. The number of benzene rings is 1. The number of nitrogens with one attached hydrogen (secondary N) is 2. The first kappa shape index (κ1) is 22.1. The number of anilines is 1. The first-order valence-corrected chi connectivity index (χ1v) is 10.1. The third kappa shape index (κ3) is 4.42. The number of nitrogens with zero attached hydrogens (tertiary/aromatic N) is 4. The third-order valence-corrected chi connectivity index (χ3v) is 5.55. The van der Waals surface area contributed by atoms with Crippen LogP contribution >= 0.6 is 12.4 Å². The lowest BCUT2D eigenvalue weighted by atomic mass is 9.90. The largest absolute Gasteiger partial charge is 0.315 e. The SMILES string of the molecule is Cc1ccc(-n2nc(C(C)C)cc2NC(=O)[C@H]2CNC[C@@H]2c2cnn(C)c2)cc1.Cl. The molecule has 1 aliphatic heterocycles. The fourth-order valence-electron chi connectivity index (χ4n) is 3.81. The lowest BCUT2D eigenvalue weighted by Crippen LogP contribution is -2.28. The van der Waals surface area contributed by atoms with Crippen molar-refractivity contribution < 1.29 is 4.79 Å². The highest BCUT2D eigenvalue weighted by molar-refractivity contribution is 5.93. The van der Waals surface area contributed by atoms with Crippen molar-refractivity contribution in [3.8, 4) is 5.69 Å². The molecule has 0 saturated carbocycles. The van der Waals surface area contributed by atoms with E-state index in [2.05, 4.69) is 48.6 Å². The van der Waals surface area contributed by atoms with Crippen LogP contribution in [0.3, 0.4) is 0 Å². The predicted octanol–water partition coefficient (Wildman–Crippen LogP) is 3.40. The molecule has 1 aromatic carbocycles. The molecular weight excluding hydrogens is 400 g/mol. The molecule has 160 valence electrons. The highest BCUT2D eigenvalue weighted by Gasteiger charge is 2.35. The van der Waals surface area contributed by atoms with E-state index in [9.17, 15) is 4.79 Å². The summed E-state index contributed by atoms with van der Waals surface area (Å²) in [5, 5.41) is 15.5. The van der Waals surface area contributed by atoms with E-state index in [0.29, 0.717) is 12.4 Å². The summed E-state index contributed by atoms with van der Waals surface area (Å²) in [6, 6.07) is 10.1. The van der Waals surface area contributed by atoms with Crippen LogP contribution in [0, 0.1) is 12.8 Å². The lowest BCUT2D eigenvalue weighted by Gasteiger charge is -2.17. The molecule has 1 fully saturated rings. The molecule has 2 N–H and O–H groups in total. The van der Waals surface area contributed by atoms with E-state index in [0.717, 1.165) is 23.5 Å². The van der Waals surface area contributed by atoms with Gasteiger partial charge >= 0.3 is 0 Å². The number of carbonyl (C=O) groups is 1. The molecule has 2 aromatic heterocycles. The highest BCUT2D eigenvalue weighted by Crippen LogP contribution is 2.30. The van der Waals surface area contributed by atoms with Crippen LogP contribution in [0.2, 0.25) is 0 Å². The van der Waals surface area contributed by atoms with Crippen LogP contribution < -0.4 is 10.6 Å². The average Bonchev–Trinajstić information content (AvgIpc) is 3.41. The number of halogens is 1. The Kier molecular flexibility index (Phi) is 6.63. The van der Waals surface area contributed by atoms with E-state index in [-0.39, 0.29) is 36.1 Å². The number of hydrogen-bond acceptors (Lipinski definition) is 4. The molecule has 8 heteroatoms. The number of aryl methyl sites for hydroxylation is 2. The molecule has 3 heterocycles. The smallest absolute Gasteiger partial charge is 0.230 e. The van der Waals surface area contributed by atoms with E-state index in [1.54, 1.807) is 4.68 Å².